The number of benzene rings is 1. The van der Waals surface area contributed by atoms with Gasteiger partial charge >= 0.3 is 6.09 Å². The van der Waals surface area contributed by atoms with Gasteiger partial charge in [0.1, 0.15) is 11.9 Å². The summed E-state index contributed by atoms with van der Waals surface area (Å²) in [5.41, 5.74) is 6.30. The van der Waals surface area contributed by atoms with Crippen LogP contribution in [-0.4, -0.2) is 38.5 Å². The average molecular weight is 418 g/mol. The summed E-state index contributed by atoms with van der Waals surface area (Å²) in [5.74, 6) is 1.58. The molecule has 2 fully saturated rings. The molecule has 1 unspecified atom stereocenters. The van der Waals surface area contributed by atoms with Gasteiger partial charge in [0.25, 0.3) is 0 Å². The molecule has 31 heavy (non-hydrogen) atoms. The largest absolute Gasteiger partial charge is 0.427 e. The minimum Gasteiger partial charge on any atom is -0.351 e. The molecule has 1 aromatic carbocycles. The summed E-state index contributed by atoms with van der Waals surface area (Å²) in [5, 5.41) is 4.64. The molecule has 0 radical (unpaired) electrons. The number of hydroxylamine groups is 1. The zero-order valence-electron chi connectivity index (χ0n) is 17.3. The monoisotopic (exact) mass is 418 g/mol. The lowest BCUT2D eigenvalue weighted by Crippen LogP contribution is -2.39. The Morgan fingerprint density at radius 2 is 2.06 bits per heavy atom. The molecule has 6 rings (SSSR count). The minimum atomic E-state index is -0.523. The van der Waals surface area contributed by atoms with Crippen molar-refractivity contribution in [3.63, 3.8) is 0 Å². The number of carbonyl (C=O) groups excluding carboxylic acids is 2. The fraction of sp³-hybridized carbons (Fsp3) is 0.364. The van der Waals surface area contributed by atoms with Gasteiger partial charge < -0.3 is 14.3 Å². The van der Waals surface area contributed by atoms with E-state index >= 15 is 0 Å². The fourth-order valence-corrected chi connectivity index (χ4v) is 4.62. The molecule has 3 aliphatic rings. The highest BCUT2D eigenvalue weighted by Crippen LogP contribution is 2.45. The van der Waals surface area contributed by atoms with E-state index in [9.17, 15) is 9.59 Å². The highest BCUT2D eigenvalue weighted by atomic mass is 16.7. The van der Waals surface area contributed by atoms with Crippen molar-refractivity contribution in [2.24, 2.45) is 0 Å². The van der Waals surface area contributed by atoms with Gasteiger partial charge in [0.05, 0.1) is 23.6 Å². The lowest BCUT2D eigenvalue weighted by molar-refractivity contribution is -0.135. The number of aromatic nitrogens is 3. The molecular weight excluding hydrogens is 396 g/mol. The Labute approximate surface area is 178 Å². The number of amides is 2. The first-order valence-corrected chi connectivity index (χ1v) is 10.5. The van der Waals surface area contributed by atoms with Crippen molar-refractivity contribution < 1.29 is 14.4 Å². The highest BCUT2D eigenvalue weighted by Gasteiger charge is 2.38. The second-order valence-corrected chi connectivity index (χ2v) is 8.50. The summed E-state index contributed by atoms with van der Waals surface area (Å²) in [6, 6.07) is 7.77. The van der Waals surface area contributed by atoms with Crippen LogP contribution in [0.3, 0.4) is 0 Å². The van der Waals surface area contributed by atoms with Crippen LogP contribution in [0.25, 0.3) is 22.0 Å². The molecule has 3 aromatic rings. The SMILES string of the molecule is C[C@@H]1C(=O)N(C)Cc2c(-c3cccc4cc(C5NOC(=O)N5)ncc34)nc(C3CC3)n21. The molecule has 1 saturated carbocycles. The maximum Gasteiger partial charge on any atom is 0.427 e. The van der Waals surface area contributed by atoms with Crippen molar-refractivity contribution in [1.82, 2.24) is 30.2 Å². The Balaban J connectivity index is 1.50. The number of hydrogen-bond acceptors (Lipinski definition) is 6. The van der Waals surface area contributed by atoms with Crippen LogP contribution in [0, 0.1) is 0 Å². The van der Waals surface area contributed by atoms with Gasteiger partial charge in [0.15, 0.2) is 6.17 Å². The van der Waals surface area contributed by atoms with E-state index in [2.05, 4.69) is 26.4 Å². The number of rotatable bonds is 3. The number of nitrogens with zero attached hydrogens (tertiary/aromatic N) is 4. The molecule has 1 saturated heterocycles. The van der Waals surface area contributed by atoms with Gasteiger partial charge in [-0.3, -0.25) is 15.1 Å². The maximum absolute atomic E-state index is 12.6. The van der Waals surface area contributed by atoms with Crippen LogP contribution in [0.15, 0.2) is 30.5 Å². The summed E-state index contributed by atoms with van der Waals surface area (Å²) in [6.07, 6.45) is 3.05. The molecule has 1 aliphatic carbocycles. The first-order chi connectivity index (χ1) is 15.0. The first-order valence-electron chi connectivity index (χ1n) is 10.5. The van der Waals surface area contributed by atoms with Crippen molar-refractivity contribution >= 4 is 22.8 Å². The lowest BCUT2D eigenvalue weighted by Gasteiger charge is -2.31. The van der Waals surface area contributed by atoms with Crippen LogP contribution in [0.4, 0.5) is 4.79 Å². The molecule has 4 heterocycles. The molecule has 2 amide bonds. The van der Waals surface area contributed by atoms with E-state index in [0.717, 1.165) is 46.4 Å². The number of hydrogen-bond donors (Lipinski definition) is 2. The Kier molecular flexibility index (Phi) is 3.85. The molecule has 2 atom stereocenters. The molecule has 0 bridgehead atoms. The van der Waals surface area contributed by atoms with E-state index in [1.54, 1.807) is 4.90 Å². The number of fused-ring (bicyclic) bond motifs is 2. The topological polar surface area (TPSA) is 101 Å². The summed E-state index contributed by atoms with van der Waals surface area (Å²) in [4.78, 5) is 40.2. The average Bonchev–Trinajstić information content (AvgIpc) is 3.42. The molecular formula is C22H22N6O3. The normalized spacial score (nSPS) is 23.1. The second-order valence-electron chi connectivity index (χ2n) is 8.50. The third-order valence-corrected chi connectivity index (χ3v) is 6.36. The smallest absolute Gasteiger partial charge is 0.351 e. The summed E-state index contributed by atoms with van der Waals surface area (Å²) < 4.78 is 2.16. The Hall–Kier alpha value is -3.46. The second kappa shape index (κ2) is 6.52. The minimum absolute atomic E-state index is 0.121. The molecule has 2 N–H and O–H groups in total. The third-order valence-electron chi connectivity index (χ3n) is 6.36. The van der Waals surface area contributed by atoms with Gasteiger partial charge in [-0.25, -0.2) is 9.78 Å². The number of pyridine rings is 1. The molecule has 2 aliphatic heterocycles. The summed E-state index contributed by atoms with van der Waals surface area (Å²) in [7, 11) is 1.85. The van der Waals surface area contributed by atoms with Gasteiger partial charge in [-0.1, -0.05) is 18.2 Å². The predicted molar refractivity (Wildman–Crippen MR) is 112 cm³/mol. The van der Waals surface area contributed by atoms with Gasteiger partial charge in [-0.15, -0.1) is 5.48 Å². The van der Waals surface area contributed by atoms with E-state index in [-0.39, 0.29) is 11.9 Å². The van der Waals surface area contributed by atoms with Crippen LogP contribution < -0.4 is 10.8 Å². The van der Waals surface area contributed by atoms with Crippen molar-refractivity contribution in [1.29, 1.82) is 0 Å². The van der Waals surface area contributed by atoms with Crippen molar-refractivity contribution in [3.05, 3.63) is 47.7 Å². The van der Waals surface area contributed by atoms with Crippen LogP contribution in [0.1, 0.15) is 55.1 Å². The summed E-state index contributed by atoms with van der Waals surface area (Å²) >= 11 is 0. The summed E-state index contributed by atoms with van der Waals surface area (Å²) in [6.45, 7) is 2.50. The molecule has 9 heteroatoms. The van der Waals surface area contributed by atoms with E-state index in [4.69, 9.17) is 9.82 Å². The number of nitrogens with one attached hydrogen (secondary N) is 2. The molecule has 9 nitrogen and oxygen atoms in total. The van der Waals surface area contributed by atoms with Crippen molar-refractivity contribution in [3.8, 4) is 11.3 Å². The molecule has 2 aromatic heterocycles. The fourth-order valence-electron chi connectivity index (χ4n) is 4.62. The zero-order chi connectivity index (χ0) is 21.3. The zero-order valence-corrected chi connectivity index (χ0v) is 17.3. The van der Waals surface area contributed by atoms with Crippen LogP contribution in [-0.2, 0) is 16.2 Å². The van der Waals surface area contributed by atoms with Gasteiger partial charge in [-0.05, 0) is 31.2 Å². The van der Waals surface area contributed by atoms with Crippen molar-refractivity contribution in [2.75, 3.05) is 7.05 Å². The third kappa shape index (κ3) is 2.80. The highest BCUT2D eigenvalue weighted by molar-refractivity contribution is 5.96. The van der Waals surface area contributed by atoms with Crippen LogP contribution in [0.5, 0.6) is 0 Å². The van der Waals surface area contributed by atoms with E-state index in [1.165, 1.54) is 0 Å². The van der Waals surface area contributed by atoms with E-state index in [0.29, 0.717) is 18.2 Å². The Bertz CT molecular complexity index is 1250. The number of imidazole rings is 1. The number of likely N-dealkylation sites (N-methyl/N-ethyl adjacent to an activating group) is 1. The van der Waals surface area contributed by atoms with Crippen LogP contribution in [0.2, 0.25) is 0 Å². The maximum atomic E-state index is 12.6. The molecule has 158 valence electrons. The number of carbonyl (C=O) groups is 2. The Morgan fingerprint density at radius 3 is 2.81 bits per heavy atom. The molecule has 0 spiro atoms. The van der Waals surface area contributed by atoms with Crippen LogP contribution >= 0.6 is 0 Å². The quantitative estimate of drug-likeness (QED) is 0.678. The van der Waals surface area contributed by atoms with Crippen molar-refractivity contribution in [2.45, 2.75) is 44.4 Å². The van der Waals surface area contributed by atoms with Gasteiger partial charge in [-0.2, -0.15) is 0 Å². The lowest BCUT2D eigenvalue weighted by atomic mass is 10.0. The van der Waals surface area contributed by atoms with E-state index in [1.807, 2.05) is 38.4 Å². The van der Waals surface area contributed by atoms with Gasteiger partial charge in [0, 0.05) is 30.1 Å². The van der Waals surface area contributed by atoms with Gasteiger partial charge in [0.2, 0.25) is 5.91 Å². The Morgan fingerprint density at radius 1 is 1.23 bits per heavy atom. The first kappa shape index (κ1) is 18.3. The standard InChI is InChI=1S/C22H22N6O3/c1-11-21(29)27(2)10-17-18(24-20(28(11)17)12-6-7-12)14-5-3-4-13-8-16(23-9-15(13)14)19-25-22(30)31-26-19/h3-5,8-9,11-12,19,26H,6-7,10H2,1-2H3,(H,25,30)/t11-,19?/m1/s1. The predicted octanol–water partition coefficient (Wildman–Crippen LogP) is 2.75. The van der Waals surface area contributed by atoms with E-state index < -0.39 is 12.3 Å².